The number of hydrogen-bond acceptors (Lipinski definition) is 6. The fourth-order valence-corrected chi connectivity index (χ4v) is 3.71. The van der Waals surface area contributed by atoms with Crippen molar-refractivity contribution in [3.05, 3.63) is 30.1 Å². The number of Topliss-reactive ketones (excluding diaryl/α,β-unsaturated/α-hetero) is 1. The van der Waals surface area contributed by atoms with Crippen molar-refractivity contribution in [3.63, 3.8) is 0 Å². The Morgan fingerprint density at radius 2 is 1.89 bits per heavy atom. The van der Waals surface area contributed by atoms with Crippen LogP contribution in [0.2, 0.25) is 0 Å². The van der Waals surface area contributed by atoms with Gasteiger partial charge in [0.15, 0.2) is 11.5 Å². The number of ether oxygens (including phenoxy) is 3. The highest BCUT2D eigenvalue weighted by Crippen LogP contribution is 2.40. The first-order chi connectivity index (χ1) is 13.1. The van der Waals surface area contributed by atoms with E-state index in [1.165, 1.54) is 7.11 Å². The maximum absolute atomic E-state index is 12.1. The molecule has 1 heterocycles. The number of methoxy groups -OCH3 is 1. The fraction of sp³-hybridized carbons (Fsp3) is 0.476. The van der Waals surface area contributed by atoms with E-state index in [-0.39, 0.29) is 11.7 Å². The monoisotopic (exact) mass is 371 g/mol. The van der Waals surface area contributed by atoms with Gasteiger partial charge in [-0.15, -0.1) is 0 Å². The number of carbonyl (C=O) groups is 2. The molecule has 0 aliphatic heterocycles. The number of rotatable bonds is 6. The van der Waals surface area contributed by atoms with E-state index < -0.39 is 11.9 Å². The normalized spacial score (nSPS) is 19.7. The van der Waals surface area contributed by atoms with Crippen molar-refractivity contribution in [1.29, 1.82) is 0 Å². The molecular weight excluding hydrogens is 346 g/mol. The standard InChI is InChI=1S/C21H25NO5/c1-4-26-18-11-13-8-9-22-20(15(13)12-19(18)27-5-2)14-6-7-17(23)16(10-14)21(24)25-3/h8-9,11-12,14,16H,4-7,10H2,1-3H3. The first kappa shape index (κ1) is 19.1. The third-order valence-corrected chi connectivity index (χ3v) is 4.98. The zero-order valence-electron chi connectivity index (χ0n) is 16.0. The van der Waals surface area contributed by atoms with Crippen LogP contribution in [0.25, 0.3) is 10.8 Å². The number of pyridine rings is 1. The van der Waals surface area contributed by atoms with Gasteiger partial charge < -0.3 is 14.2 Å². The molecule has 1 aliphatic carbocycles. The summed E-state index contributed by atoms with van der Waals surface area (Å²) in [6.45, 7) is 4.94. The molecule has 0 saturated heterocycles. The van der Waals surface area contributed by atoms with Gasteiger partial charge in [0.05, 0.1) is 26.0 Å². The van der Waals surface area contributed by atoms with Crippen molar-refractivity contribution in [3.8, 4) is 11.5 Å². The van der Waals surface area contributed by atoms with Crippen molar-refractivity contribution in [2.45, 2.75) is 39.0 Å². The van der Waals surface area contributed by atoms with Gasteiger partial charge in [-0.1, -0.05) is 0 Å². The van der Waals surface area contributed by atoms with Crippen LogP contribution in [0.3, 0.4) is 0 Å². The van der Waals surface area contributed by atoms with E-state index in [0.717, 1.165) is 16.5 Å². The van der Waals surface area contributed by atoms with Crippen LogP contribution in [0.1, 0.15) is 44.7 Å². The zero-order chi connectivity index (χ0) is 19.4. The van der Waals surface area contributed by atoms with E-state index in [1.54, 1.807) is 6.20 Å². The second kappa shape index (κ2) is 8.37. The molecule has 1 saturated carbocycles. The smallest absolute Gasteiger partial charge is 0.316 e. The van der Waals surface area contributed by atoms with E-state index in [0.29, 0.717) is 44.0 Å². The predicted molar refractivity (Wildman–Crippen MR) is 101 cm³/mol. The Kier molecular flexibility index (Phi) is 5.94. The number of esters is 1. The van der Waals surface area contributed by atoms with Gasteiger partial charge >= 0.3 is 5.97 Å². The Labute approximate surface area is 158 Å². The molecule has 1 aliphatic rings. The second-order valence-corrected chi connectivity index (χ2v) is 6.60. The van der Waals surface area contributed by atoms with E-state index in [4.69, 9.17) is 14.2 Å². The maximum atomic E-state index is 12.1. The molecular formula is C21H25NO5. The topological polar surface area (TPSA) is 74.7 Å². The van der Waals surface area contributed by atoms with Gasteiger partial charge in [-0.2, -0.15) is 0 Å². The van der Waals surface area contributed by atoms with E-state index in [1.807, 2.05) is 32.0 Å². The molecule has 1 fully saturated rings. The molecule has 6 nitrogen and oxygen atoms in total. The van der Waals surface area contributed by atoms with Crippen molar-refractivity contribution < 1.29 is 23.8 Å². The highest BCUT2D eigenvalue weighted by molar-refractivity contribution is 5.99. The van der Waals surface area contributed by atoms with Gasteiger partial charge in [0.1, 0.15) is 11.7 Å². The third-order valence-electron chi connectivity index (χ3n) is 4.98. The lowest BCUT2D eigenvalue weighted by atomic mass is 9.78. The summed E-state index contributed by atoms with van der Waals surface area (Å²) in [5, 5.41) is 1.96. The van der Waals surface area contributed by atoms with Crippen LogP contribution in [0.5, 0.6) is 11.5 Å². The predicted octanol–water partition coefficient (Wildman–Crippen LogP) is 3.66. The summed E-state index contributed by atoms with van der Waals surface area (Å²) in [6.07, 6.45) is 3.22. The zero-order valence-corrected chi connectivity index (χ0v) is 16.0. The molecule has 144 valence electrons. The highest BCUT2D eigenvalue weighted by Gasteiger charge is 2.36. The summed E-state index contributed by atoms with van der Waals surface area (Å²) in [7, 11) is 1.32. The number of aromatic nitrogens is 1. The number of carbonyl (C=O) groups excluding carboxylic acids is 2. The van der Waals surface area contributed by atoms with Gasteiger partial charge in [-0.25, -0.2) is 0 Å². The largest absolute Gasteiger partial charge is 0.490 e. The first-order valence-electron chi connectivity index (χ1n) is 9.37. The van der Waals surface area contributed by atoms with Crippen LogP contribution in [-0.4, -0.2) is 37.1 Å². The molecule has 3 rings (SSSR count). The number of hydrogen-bond donors (Lipinski definition) is 0. The molecule has 0 amide bonds. The van der Waals surface area contributed by atoms with E-state index >= 15 is 0 Å². The lowest BCUT2D eigenvalue weighted by molar-refractivity contribution is -0.150. The Balaban J connectivity index is 2.02. The molecule has 0 N–H and O–H groups in total. The average Bonchev–Trinajstić information content (AvgIpc) is 2.68. The SMILES string of the molecule is CCOc1cc2ccnc(C3CCC(=O)C(C(=O)OC)C3)c2cc1OCC. The summed E-state index contributed by atoms with van der Waals surface area (Å²) < 4.78 is 16.3. The number of benzene rings is 1. The Morgan fingerprint density at radius 3 is 2.56 bits per heavy atom. The van der Waals surface area contributed by atoms with Crippen molar-refractivity contribution in [2.24, 2.45) is 5.92 Å². The van der Waals surface area contributed by atoms with E-state index in [9.17, 15) is 9.59 Å². The minimum Gasteiger partial charge on any atom is -0.490 e. The molecule has 0 radical (unpaired) electrons. The van der Waals surface area contributed by atoms with Crippen LogP contribution < -0.4 is 9.47 Å². The van der Waals surface area contributed by atoms with Crippen molar-refractivity contribution >= 4 is 22.5 Å². The number of nitrogens with zero attached hydrogens (tertiary/aromatic N) is 1. The molecule has 1 aromatic carbocycles. The summed E-state index contributed by atoms with van der Waals surface area (Å²) in [6, 6.07) is 5.85. The number of fused-ring (bicyclic) bond motifs is 1. The second-order valence-electron chi connectivity index (χ2n) is 6.60. The van der Waals surface area contributed by atoms with Crippen molar-refractivity contribution in [1.82, 2.24) is 4.98 Å². The average molecular weight is 371 g/mol. The summed E-state index contributed by atoms with van der Waals surface area (Å²) in [5.74, 6) is 0.182. The molecule has 2 atom stereocenters. The molecule has 2 aromatic rings. The number of ketones is 1. The van der Waals surface area contributed by atoms with E-state index in [2.05, 4.69) is 4.98 Å². The Morgan fingerprint density at radius 1 is 1.19 bits per heavy atom. The Bertz CT molecular complexity index is 840. The lowest BCUT2D eigenvalue weighted by Gasteiger charge is -2.27. The van der Waals surface area contributed by atoms with Crippen LogP contribution in [0.4, 0.5) is 0 Å². The molecule has 1 aromatic heterocycles. The van der Waals surface area contributed by atoms with Gasteiger partial charge in [0, 0.05) is 23.9 Å². The molecule has 0 spiro atoms. The third kappa shape index (κ3) is 3.89. The molecule has 27 heavy (non-hydrogen) atoms. The molecule has 2 unspecified atom stereocenters. The maximum Gasteiger partial charge on any atom is 0.316 e. The van der Waals surface area contributed by atoms with Crippen LogP contribution >= 0.6 is 0 Å². The quantitative estimate of drug-likeness (QED) is 0.570. The molecule has 6 heteroatoms. The van der Waals surface area contributed by atoms with Gasteiger partial charge in [0.25, 0.3) is 0 Å². The van der Waals surface area contributed by atoms with Crippen LogP contribution in [0, 0.1) is 5.92 Å². The first-order valence-corrected chi connectivity index (χ1v) is 9.37. The highest BCUT2D eigenvalue weighted by atomic mass is 16.5. The Hall–Kier alpha value is -2.63. The van der Waals surface area contributed by atoms with Crippen molar-refractivity contribution in [2.75, 3.05) is 20.3 Å². The molecule has 0 bridgehead atoms. The van der Waals surface area contributed by atoms with Gasteiger partial charge in [-0.3, -0.25) is 14.6 Å². The summed E-state index contributed by atoms with van der Waals surface area (Å²) in [4.78, 5) is 28.7. The lowest BCUT2D eigenvalue weighted by Crippen LogP contribution is -2.31. The fourth-order valence-electron chi connectivity index (χ4n) is 3.71. The summed E-state index contributed by atoms with van der Waals surface area (Å²) in [5.41, 5.74) is 0.887. The minimum absolute atomic E-state index is 0.0166. The van der Waals surface area contributed by atoms with Crippen LogP contribution in [-0.2, 0) is 14.3 Å². The van der Waals surface area contributed by atoms with Gasteiger partial charge in [-0.05, 0) is 50.3 Å². The minimum atomic E-state index is -0.708. The summed E-state index contributed by atoms with van der Waals surface area (Å²) >= 11 is 0. The van der Waals surface area contributed by atoms with Crippen LogP contribution in [0.15, 0.2) is 24.4 Å². The van der Waals surface area contributed by atoms with Gasteiger partial charge in [0.2, 0.25) is 0 Å².